The molecule has 10 heteroatoms. The number of ether oxygens (including phenoxy) is 2. The number of aryl methyl sites for hydroxylation is 1. The van der Waals surface area contributed by atoms with Crippen LogP contribution in [0.4, 0.5) is 5.69 Å². The Balaban J connectivity index is 1.77. The number of ketones is 1. The first kappa shape index (κ1) is 24.4. The van der Waals surface area contributed by atoms with E-state index >= 15 is 0 Å². The van der Waals surface area contributed by atoms with Crippen molar-refractivity contribution in [2.45, 2.75) is 13.0 Å². The van der Waals surface area contributed by atoms with Gasteiger partial charge in [-0.3, -0.25) is 19.7 Å². The molecule has 0 aromatic heterocycles. The Bertz CT molecular complexity index is 1170. The van der Waals surface area contributed by atoms with Gasteiger partial charge in [-0.15, -0.1) is 0 Å². The molecule has 10 nitrogen and oxygen atoms in total. The number of nitro benzene ring substituents is 1. The first-order valence-electron chi connectivity index (χ1n) is 11.4. The second-order valence-electron chi connectivity index (χ2n) is 8.61. The van der Waals surface area contributed by atoms with Crippen LogP contribution >= 0.6 is 0 Å². The van der Waals surface area contributed by atoms with E-state index in [1.807, 2.05) is 0 Å². The number of nitrogens with one attached hydrogen (secondary N) is 1. The van der Waals surface area contributed by atoms with Crippen molar-refractivity contribution in [3.8, 4) is 5.75 Å². The number of likely N-dealkylation sites (tertiary alicyclic amines) is 1. The van der Waals surface area contributed by atoms with E-state index in [4.69, 9.17) is 9.47 Å². The Morgan fingerprint density at radius 2 is 1.86 bits per heavy atom. The molecule has 0 aliphatic carbocycles. The number of carbonyl (C=O) groups excluding carboxylic acids is 2. The Hall–Kier alpha value is -3.76. The van der Waals surface area contributed by atoms with Gasteiger partial charge in [-0.25, -0.2) is 0 Å². The molecular formula is C25H27N3O7. The minimum atomic E-state index is -0.926. The molecule has 1 unspecified atom stereocenters. The smallest absolute Gasteiger partial charge is 0.295 e. The molecule has 4 rings (SSSR count). The van der Waals surface area contributed by atoms with Crippen LogP contribution < -0.4 is 14.7 Å². The largest absolute Gasteiger partial charge is 0.872 e. The predicted molar refractivity (Wildman–Crippen MR) is 124 cm³/mol. The summed E-state index contributed by atoms with van der Waals surface area (Å²) >= 11 is 0. The molecule has 2 fully saturated rings. The van der Waals surface area contributed by atoms with Gasteiger partial charge in [0.25, 0.3) is 11.6 Å². The fourth-order valence-corrected chi connectivity index (χ4v) is 4.58. The fourth-order valence-electron chi connectivity index (χ4n) is 4.58. The standard InChI is InChI=1S/C25H27N3O7/c1-16-15-19(34-2)7-8-20(16)23(29)21-22(17-3-5-18(6-4-17)28(32)33)27(25(31)24(21)30)10-9-26-11-13-35-14-12-26/h3-8,15,22,29H,9-14H2,1-2H3/b23-21+. The van der Waals surface area contributed by atoms with Crippen molar-refractivity contribution < 1.29 is 34.0 Å². The van der Waals surface area contributed by atoms with Gasteiger partial charge in [-0.1, -0.05) is 11.8 Å². The van der Waals surface area contributed by atoms with Gasteiger partial charge in [0.2, 0.25) is 5.78 Å². The molecule has 184 valence electrons. The van der Waals surface area contributed by atoms with E-state index in [0.29, 0.717) is 42.2 Å². The molecule has 1 N–H and O–H groups in total. The lowest BCUT2D eigenvalue weighted by Gasteiger charge is -2.30. The summed E-state index contributed by atoms with van der Waals surface area (Å²) in [6.07, 6.45) is 0. The Morgan fingerprint density at radius 3 is 2.46 bits per heavy atom. The molecule has 0 radical (unpaired) electrons. The van der Waals surface area contributed by atoms with Crippen molar-refractivity contribution in [1.29, 1.82) is 0 Å². The van der Waals surface area contributed by atoms with Gasteiger partial charge in [0, 0.05) is 17.7 Å². The molecular weight excluding hydrogens is 454 g/mol. The number of hydrogen-bond donors (Lipinski definition) is 1. The minimum Gasteiger partial charge on any atom is -0.872 e. The summed E-state index contributed by atoms with van der Waals surface area (Å²) in [5.74, 6) is -1.55. The van der Waals surface area contributed by atoms with Crippen molar-refractivity contribution in [3.63, 3.8) is 0 Å². The van der Waals surface area contributed by atoms with E-state index in [0.717, 1.165) is 13.1 Å². The number of non-ortho nitro benzene ring substituents is 1. The molecule has 2 aliphatic heterocycles. The SMILES string of the molecule is COc1ccc(/C([O-])=C2\C(=O)C(=O)N(CC[NH+]3CCOCC3)C2c2ccc([N+](=O)[O-])cc2)c(C)c1. The number of nitrogens with zero attached hydrogens (tertiary/aromatic N) is 2. The third kappa shape index (κ3) is 4.89. The lowest BCUT2D eigenvalue weighted by Crippen LogP contribution is -3.14. The van der Waals surface area contributed by atoms with E-state index in [1.54, 1.807) is 25.1 Å². The van der Waals surface area contributed by atoms with Crippen LogP contribution in [0, 0.1) is 17.0 Å². The number of quaternary nitrogens is 1. The molecule has 35 heavy (non-hydrogen) atoms. The lowest BCUT2D eigenvalue weighted by molar-refractivity contribution is -0.907. The van der Waals surface area contributed by atoms with Crippen LogP contribution in [0.25, 0.3) is 5.76 Å². The number of rotatable bonds is 7. The van der Waals surface area contributed by atoms with Crippen molar-refractivity contribution >= 4 is 23.1 Å². The highest BCUT2D eigenvalue weighted by Crippen LogP contribution is 2.39. The summed E-state index contributed by atoms with van der Waals surface area (Å²) in [5, 5.41) is 24.8. The summed E-state index contributed by atoms with van der Waals surface area (Å²) in [7, 11) is 1.52. The third-order valence-electron chi connectivity index (χ3n) is 6.53. The molecule has 2 aliphatic rings. The first-order chi connectivity index (χ1) is 16.8. The Morgan fingerprint density at radius 1 is 1.17 bits per heavy atom. The Kier molecular flexibility index (Phi) is 7.13. The Labute approximate surface area is 202 Å². The first-order valence-corrected chi connectivity index (χ1v) is 11.4. The quantitative estimate of drug-likeness (QED) is 0.195. The van der Waals surface area contributed by atoms with E-state index in [-0.39, 0.29) is 17.8 Å². The normalized spacial score (nSPS) is 20.3. The molecule has 2 aromatic carbocycles. The van der Waals surface area contributed by atoms with E-state index in [2.05, 4.69) is 0 Å². The monoisotopic (exact) mass is 481 g/mol. The van der Waals surface area contributed by atoms with Gasteiger partial charge in [-0.2, -0.15) is 0 Å². The highest BCUT2D eigenvalue weighted by Gasteiger charge is 2.44. The van der Waals surface area contributed by atoms with E-state index in [1.165, 1.54) is 41.2 Å². The predicted octanol–water partition coefficient (Wildman–Crippen LogP) is 0.0509. The average Bonchev–Trinajstić information content (AvgIpc) is 3.12. The number of nitro groups is 1. The summed E-state index contributed by atoms with van der Waals surface area (Å²) in [6, 6.07) is 9.59. The molecule has 0 bridgehead atoms. The number of carbonyl (C=O) groups is 2. The number of hydrogen-bond acceptors (Lipinski definition) is 7. The molecule has 2 saturated heterocycles. The maximum atomic E-state index is 13.6. The second-order valence-corrected chi connectivity index (χ2v) is 8.61. The highest BCUT2D eigenvalue weighted by atomic mass is 16.6. The van der Waals surface area contributed by atoms with Crippen molar-refractivity contribution in [2.75, 3.05) is 46.5 Å². The molecule has 2 aromatic rings. The molecule has 0 spiro atoms. The number of amides is 1. The summed E-state index contributed by atoms with van der Waals surface area (Å²) < 4.78 is 10.6. The van der Waals surface area contributed by atoms with Gasteiger partial charge in [0.05, 0.1) is 44.4 Å². The fraction of sp³-hybridized carbons (Fsp3) is 0.360. The van der Waals surface area contributed by atoms with Gasteiger partial charge in [0.1, 0.15) is 18.8 Å². The van der Waals surface area contributed by atoms with Crippen LogP contribution in [0.3, 0.4) is 0 Å². The molecule has 1 atom stereocenters. The highest BCUT2D eigenvalue weighted by molar-refractivity contribution is 6.46. The van der Waals surface area contributed by atoms with Crippen LogP contribution in [-0.2, 0) is 14.3 Å². The number of morpholine rings is 1. The average molecular weight is 482 g/mol. The van der Waals surface area contributed by atoms with Crippen LogP contribution in [-0.4, -0.2) is 68.0 Å². The van der Waals surface area contributed by atoms with Crippen LogP contribution in [0.15, 0.2) is 48.0 Å². The van der Waals surface area contributed by atoms with Crippen molar-refractivity contribution in [1.82, 2.24) is 4.90 Å². The minimum absolute atomic E-state index is 0.118. The van der Waals surface area contributed by atoms with Crippen LogP contribution in [0.5, 0.6) is 5.75 Å². The molecule has 2 heterocycles. The second kappa shape index (κ2) is 10.2. The number of Topliss-reactive ketones (excluding diaryl/α,β-unsaturated/α-hetero) is 1. The molecule has 1 amide bonds. The zero-order chi connectivity index (χ0) is 25.1. The zero-order valence-corrected chi connectivity index (χ0v) is 19.6. The van der Waals surface area contributed by atoms with E-state index in [9.17, 15) is 24.8 Å². The summed E-state index contributed by atoms with van der Waals surface area (Å²) in [4.78, 5) is 39.5. The third-order valence-corrected chi connectivity index (χ3v) is 6.53. The van der Waals surface area contributed by atoms with Crippen molar-refractivity contribution in [2.24, 2.45) is 0 Å². The number of benzene rings is 2. The lowest BCUT2D eigenvalue weighted by atomic mass is 9.93. The summed E-state index contributed by atoms with van der Waals surface area (Å²) in [5.41, 5.74) is 1.12. The van der Waals surface area contributed by atoms with Gasteiger partial charge in [-0.05, 0) is 47.9 Å². The van der Waals surface area contributed by atoms with Crippen molar-refractivity contribution in [3.05, 3.63) is 74.8 Å². The van der Waals surface area contributed by atoms with Crippen LogP contribution in [0.2, 0.25) is 0 Å². The topological polar surface area (TPSA) is 126 Å². The van der Waals surface area contributed by atoms with E-state index < -0.39 is 28.4 Å². The van der Waals surface area contributed by atoms with Crippen LogP contribution in [0.1, 0.15) is 22.7 Å². The maximum absolute atomic E-state index is 13.6. The number of methoxy groups -OCH3 is 1. The van der Waals surface area contributed by atoms with Gasteiger partial charge < -0.3 is 24.4 Å². The molecule has 0 saturated carbocycles. The van der Waals surface area contributed by atoms with Gasteiger partial charge in [0.15, 0.2) is 0 Å². The summed E-state index contributed by atoms with van der Waals surface area (Å²) in [6.45, 7) is 5.42. The zero-order valence-electron chi connectivity index (χ0n) is 19.6. The maximum Gasteiger partial charge on any atom is 0.295 e. The van der Waals surface area contributed by atoms with Gasteiger partial charge >= 0.3 is 0 Å².